The third-order valence-corrected chi connectivity index (χ3v) is 5.09. The van der Waals surface area contributed by atoms with Crippen LogP contribution in [0.3, 0.4) is 0 Å². The smallest absolute Gasteiger partial charge is 0.446 e. The quantitative estimate of drug-likeness (QED) is 0.597. The van der Waals surface area contributed by atoms with Gasteiger partial charge in [-0.1, -0.05) is 42.5 Å². The van der Waals surface area contributed by atoms with Gasteiger partial charge in [-0.3, -0.25) is 4.79 Å². The first kappa shape index (κ1) is 24.2. The first-order valence-corrected chi connectivity index (χ1v) is 10.1. The van der Waals surface area contributed by atoms with E-state index in [1.54, 1.807) is 24.3 Å². The van der Waals surface area contributed by atoms with E-state index >= 15 is 0 Å². The van der Waals surface area contributed by atoms with Crippen molar-refractivity contribution in [2.45, 2.75) is 36.0 Å². The summed E-state index contributed by atoms with van der Waals surface area (Å²) in [5, 5.41) is 21.4. The highest BCUT2D eigenvalue weighted by molar-refractivity contribution is 8.00. The maximum atomic E-state index is 12.8. The molecule has 2 aromatic rings. The van der Waals surface area contributed by atoms with Gasteiger partial charge in [0.25, 0.3) is 5.97 Å². The topological polar surface area (TPSA) is 78.8 Å². The molecule has 0 bridgehead atoms. The molecule has 5 nitrogen and oxygen atoms in total. The molecule has 0 aromatic heterocycles. The molecule has 3 N–H and O–H groups in total. The van der Waals surface area contributed by atoms with Crippen LogP contribution in [0.15, 0.2) is 53.4 Å². The van der Waals surface area contributed by atoms with Crippen molar-refractivity contribution < 1.29 is 32.9 Å². The summed E-state index contributed by atoms with van der Waals surface area (Å²) in [5.41, 5.74) is -2.33. The van der Waals surface area contributed by atoms with Crippen molar-refractivity contribution in [2.75, 3.05) is 19.7 Å². The van der Waals surface area contributed by atoms with Crippen LogP contribution in [-0.2, 0) is 16.0 Å². The molecule has 0 spiro atoms. The van der Waals surface area contributed by atoms with Gasteiger partial charge in [0.2, 0.25) is 0 Å². The molecule has 2 atom stereocenters. The molecule has 0 saturated carbocycles. The number of aliphatic hydroxyl groups excluding tert-OH is 1. The Morgan fingerprint density at radius 3 is 2.50 bits per heavy atom. The van der Waals surface area contributed by atoms with Gasteiger partial charge in [0, 0.05) is 31.3 Å². The van der Waals surface area contributed by atoms with Crippen LogP contribution in [0.25, 0.3) is 0 Å². The van der Waals surface area contributed by atoms with E-state index in [0.29, 0.717) is 24.3 Å². The maximum Gasteiger partial charge on any atom is 0.446 e. The molecular formula is C21H24F3NO4S. The van der Waals surface area contributed by atoms with Crippen LogP contribution >= 0.6 is 11.8 Å². The molecule has 0 radical (unpaired) electrons. The predicted molar refractivity (Wildman–Crippen MR) is 108 cm³/mol. The van der Waals surface area contributed by atoms with Gasteiger partial charge in [0.15, 0.2) is 0 Å². The third-order valence-electron chi connectivity index (χ3n) is 4.24. The standard InChI is InChI=1S/C19H20F3NO2S.C2H4O2/c20-19(21,22)26-18-8-4-1-5-13(18)11-16(24)14-6-2-3-7-15(14)17-12-23-9-10-25-17;1-2(3)4/h1-8,16-17,23-24H,9-12H2;1H3,(H,3,4). The van der Waals surface area contributed by atoms with Crippen molar-refractivity contribution >= 4 is 17.7 Å². The summed E-state index contributed by atoms with van der Waals surface area (Å²) in [6, 6.07) is 13.7. The van der Waals surface area contributed by atoms with Crippen molar-refractivity contribution in [2.24, 2.45) is 0 Å². The van der Waals surface area contributed by atoms with Gasteiger partial charge in [-0.05, 0) is 34.5 Å². The van der Waals surface area contributed by atoms with E-state index in [0.717, 1.165) is 19.0 Å². The van der Waals surface area contributed by atoms with E-state index in [2.05, 4.69) is 5.32 Å². The van der Waals surface area contributed by atoms with Gasteiger partial charge in [-0.15, -0.1) is 0 Å². The number of benzene rings is 2. The zero-order valence-corrected chi connectivity index (χ0v) is 17.2. The number of carbonyl (C=O) groups is 1. The molecule has 30 heavy (non-hydrogen) atoms. The number of carboxylic acids is 1. The maximum absolute atomic E-state index is 12.8. The Kier molecular flexibility index (Phi) is 9.16. The second-order valence-electron chi connectivity index (χ2n) is 6.59. The molecule has 1 heterocycles. The largest absolute Gasteiger partial charge is 0.481 e. The zero-order valence-electron chi connectivity index (χ0n) is 16.4. The fourth-order valence-electron chi connectivity index (χ4n) is 3.09. The van der Waals surface area contributed by atoms with E-state index in [1.807, 2.05) is 18.2 Å². The Bertz CT molecular complexity index is 822. The lowest BCUT2D eigenvalue weighted by Gasteiger charge is -2.27. The third kappa shape index (κ3) is 7.98. The van der Waals surface area contributed by atoms with Gasteiger partial charge >= 0.3 is 5.51 Å². The Labute approximate surface area is 177 Å². The Morgan fingerprint density at radius 1 is 1.23 bits per heavy atom. The van der Waals surface area contributed by atoms with Crippen LogP contribution in [0.4, 0.5) is 13.2 Å². The van der Waals surface area contributed by atoms with Crippen LogP contribution in [0.2, 0.25) is 0 Å². The van der Waals surface area contributed by atoms with Gasteiger partial charge in [0.1, 0.15) is 0 Å². The molecule has 1 fully saturated rings. The van der Waals surface area contributed by atoms with Crippen LogP contribution in [0.5, 0.6) is 0 Å². The lowest BCUT2D eigenvalue weighted by molar-refractivity contribution is -0.134. The van der Waals surface area contributed by atoms with E-state index in [-0.39, 0.29) is 29.2 Å². The lowest BCUT2D eigenvalue weighted by atomic mass is 9.94. The molecule has 1 saturated heterocycles. The number of morpholine rings is 1. The van der Waals surface area contributed by atoms with Crippen LogP contribution < -0.4 is 5.32 Å². The first-order chi connectivity index (χ1) is 14.2. The van der Waals surface area contributed by atoms with Crippen molar-refractivity contribution in [1.82, 2.24) is 5.32 Å². The average Bonchev–Trinajstić information content (AvgIpc) is 2.68. The number of aliphatic carboxylic acids is 1. The molecule has 0 aliphatic carbocycles. The number of carboxylic acid groups (broad SMARTS) is 1. The van der Waals surface area contributed by atoms with Gasteiger partial charge in [0.05, 0.1) is 18.8 Å². The molecule has 9 heteroatoms. The van der Waals surface area contributed by atoms with Gasteiger partial charge in [-0.2, -0.15) is 13.2 Å². The number of nitrogens with one attached hydrogen (secondary N) is 1. The number of rotatable bonds is 5. The summed E-state index contributed by atoms with van der Waals surface area (Å²) in [4.78, 5) is 9.12. The molecular weight excluding hydrogens is 419 g/mol. The monoisotopic (exact) mass is 443 g/mol. The number of hydrogen-bond donors (Lipinski definition) is 3. The van der Waals surface area contributed by atoms with Crippen molar-refractivity contribution in [1.29, 1.82) is 0 Å². The highest BCUT2D eigenvalue weighted by Gasteiger charge is 2.31. The van der Waals surface area contributed by atoms with Crippen LogP contribution in [0.1, 0.15) is 35.8 Å². The second kappa shape index (κ2) is 11.4. The SMILES string of the molecule is CC(=O)O.OC(Cc1ccccc1SC(F)(F)F)c1ccccc1C1CNCCO1. The van der Waals surface area contributed by atoms with E-state index in [1.165, 1.54) is 6.07 Å². The highest BCUT2D eigenvalue weighted by atomic mass is 32.2. The molecule has 0 amide bonds. The molecule has 3 rings (SSSR count). The minimum absolute atomic E-state index is 0.108. The first-order valence-electron chi connectivity index (χ1n) is 9.29. The number of hydrogen-bond acceptors (Lipinski definition) is 5. The normalized spacial score (nSPS) is 17.6. The molecule has 1 aliphatic rings. The Hall–Kier alpha value is -2.07. The van der Waals surface area contributed by atoms with E-state index in [4.69, 9.17) is 14.6 Å². The van der Waals surface area contributed by atoms with Gasteiger partial charge < -0.3 is 20.3 Å². The minimum Gasteiger partial charge on any atom is -0.481 e. The number of ether oxygens (including phenoxy) is 1. The van der Waals surface area contributed by atoms with Crippen LogP contribution in [0, 0.1) is 0 Å². The number of aliphatic hydroxyl groups is 1. The molecule has 164 valence electrons. The number of alkyl halides is 3. The minimum atomic E-state index is -4.36. The molecule has 2 unspecified atom stereocenters. The van der Waals surface area contributed by atoms with E-state index in [9.17, 15) is 18.3 Å². The average molecular weight is 443 g/mol. The summed E-state index contributed by atoms with van der Waals surface area (Å²) in [6.07, 6.45) is -0.975. The fraction of sp³-hybridized carbons (Fsp3) is 0.381. The second-order valence-corrected chi connectivity index (χ2v) is 7.69. The van der Waals surface area contributed by atoms with Crippen molar-refractivity contribution in [3.05, 3.63) is 65.2 Å². The Balaban J connectivity index is 0.000000735. The summed E-state index contributed by atoms with van der Waals surface area (Å²) >= 11 is -0.149. The van der Waals surface area contributed by atoms with E-state index < -0.39 is 17.6 Å². The predicted octanol–water partition coefficient (Wildman–Crippen LogP) is 4.33. The molecule has 1 aliphatic heterocycles. The fourth-order valence-corrected chi connectivity index (χ4v) is 3.77. The van der Waals surface area contributed by atoms with Gasteiger partial charge in [-0.25, -0.2) is 0 Å². The van der Waals surface area contributed by atoms with Crippen LogP contribution in [-0.4, -0.2) is 41.4 Å². The highest BCUT2D eigenvalue weighted by Crippen LogP contribution is 2.39. The number of halogens is 3. The Morgan fingerprint density at radius 2 is 1.87 bits per heavy atom. The summed E-state index contributed by atoms with van der Waals surface area (Å²) < 4.78 is 44.1. The summed E-state index contributed by atoms with van der Waals surface area (Å²) in [6.45, 7) is 3.09. The number of thioether (sulfide) groups is 1. The summed E-state index contributed by atoms with van der Waals surface area (Å²) in [7, 11) is 0. The molecule has 2 aromatic carbocycles. The summed E-state index contributed by atoms with van der Waals surface area (Å²) in [5.74, 6) is -0.833. The lowest BCUT2D eigenvalue weighted by Crippen LogP contribution is -2.34. The van der Waals surface area contributed by atoms with Crippen molar-refractivity contribution in [3.63, 3.8) is 0 Å². The zero-order chi connectivity index (χ0) is 22.1. The van der Waals surface area contributed by atoms with Crippen molar-refractivity contribution in [3.8, 4) is 0 Å².